The lowest BCUT2D eigenvalue weighted by atomic mass is 10.1. The molecule has 0 spiro atoms. The van der Waals surface area contributed by atoms with E-state index in [1.807, 2.05) is 0 Å². The standard InChI is InChI=1S/C13H16FNO3/c1-9(2)18-13(16)12(15-17)8-5-10-3-6-11(14)7-4-10/h3-4,6-7,9,12H,5,8H2,1-2H3. The summed E-state index contributed by atoms with van der Waals surface area (Å²) in [5.41, 5.74) is 0.849. The first-order valence-corrected chi connectivity index (χ1v) is 5.80. The fraction of sp³-hybridized carbons (Fsp3) is 0.462. The fourth-order valence-electron chi connectivity index (χ4n) is 1.48. The molecule has 0 radical (unpaired) electrons. The van der Waals surface area contributed by atoms with E-state index in [4.69, 9.17) is 4.74 Å². The Balaban J connectivity index is 2.51. The zero-order valence-corrected chi connectivity index (χ0v) is 10.4. The summed E-state index contributed by atoms with van der Waals surface area (Å²) >= 11 is 0. The minimum absolute atomic E-state index is 0.265. The Hall–Kier alpha value is -1.78. The molecule has 0 aromatic heterocycles. The Kier molecular flexibility index (Phi) is 5.42. The number of ether oxygens (including phenoxy) is 1. The topological polar surface area (TPSA) is 55.7 Å². The van der Waals surface area contributed by atoms with Gasteiger partial charge in [0.2, 0.25) is 0 Å². The average Bonchev–Trinajstić information content (AvgIpc) is 2.31. The third kappa shape index (κ3) is 4.61. The van der Waals surface area contributed by atoms with Crippen LogP contribution < -0.4 is 0 Å². The predicted octanol–water partition coefficient (Wildman–Crippen LogP) is 2.84. The van der Waals surface area contributed by atoms with E-state index in [2.05, 4.69) is 5.18 Å². The second kappa shape index (κ2) is 6.83. The maximum atomic E-state index is 12.7. The summed E-state index contributed by atoms with van der Waals surface area (Å²) in [4.78, 5) is 22.1. The van der Waals surface area contributed by atoms with E-state index in [0.717, 1.165) is 5.56 Å². The highest BCUT2D eigenvalue weighted by molar-refractivity contribution is 5.76. The minimum atomic E-state index is -1.00. The number of aryl methyl sites for hydroxylation is 1. The Bertz CT molecular complexity index is 403. The SMILES string of the molecule is CC(C)OC(=O)C(CCc1ccc(F)cc1)N=O. The van der Waals surface area contributed by atoms with E-state index in [0.29, 0.717) is 6.42 Å². The quantitative estimate of drug-likeness (QED) is 0.578. The van der Waals surface area contributed by atoms with Gasteiger partial charge in [-0.05, 0) is 44.4 Å². The summed E-state index contributed by atoms with van der Waals surface area (Å²) < 4.78 is 17.6. The van der Waals surface area contributed by atoms with Gasteiger partial charge < -0.3 is 4.74 Å². The van der Waals surface area contributed by atoms with Crippen LogP contribution in [0.5, 0.6) is 0 Å². The number of carbonyl (C=O) groups excluding carboxylic acids is 1. The highest BCUT2D eigenvalue weighted by atomic mass is 19.1. The van der Waals surface area contributed by atoms with E-state index in [9.17, 15) is 14.1 Å². The zero-order chi connectivity index (χ0) is 13.5. The molecule has 0 N–H and O–H groups in total. The molecule has 0 aliphatic carbocycles. The third-order valence-corrected chi connectivity index (χ3v) is 2.37. The van der Waals surface area contributed by atoms with Crippen molar-refractivity contribution in [3.05, 3.63) is 40.6 Å². The molecule has 1 unspecified atom stereocenters. The molecule has 0 aliphatic rings. The van der Waals surface area contributed by atoms with Crippen LogP contribution in [-0.4, -0.2) is 18.1 Å². The molecule has 0 aliphatic heterocycles. The van der Waals surface area contributed by atoms with Gasteiger partial charge in [0.05, 0.1) is 6.10 Å². The van der Waals surface area contributed by atoms with E-state index >= 15 is 0 Å². The van der Waals surface area contributed by atoms with Gasteiger partial charge in [0, 0.05) is 0 Å². The minimum Gasteiger partial charge on any atom is -0.461 e. The molecule has 18 heavy (non-hydrogen) atoms. The van der Waals surface area contributed by atoms with Crippen molar-refractivity contribution in [3.63, 3.8) is 0 Å². The number of nitroso groups, excluding NO2 is 1. The van der Waals surface area contributed by atoms with Gasteiger partial charge in [0.1, 0.15) is 5.82 Å². The Labute approximate surface area is 105 Å². The van der Waals surface area contributed by atoms with Gasteiger partial charge in [0.15, 0.2) is 6.04 Å². The van der Waals surface area contributed by atoms with Gasteiger partial charge in [-0.2, -0.15) is 0 Å². The van der Waals surface area contributed by atoms with Crippen molar-refractivity contribution < 1.29 is 13.9 Å². The Morgan fingerprint density at radius 2 is 1.94 bits per heavy atom. The molecule has 0 fully saturated rings. The maximum Gasteiger partial charge on any atom is 0.334 e. The van der Waals surface area contributed by atoms with Crippen molar-refractivity contribution >= 4 is 5.97 Å². The summed E-state index contributed by atoms with van der Waals surface area (Å²) in [7, 11) is 0. The molecular weight excluding hydrogens is 237 g/mol. The first kappa shape index (κ1) is 14.3. The van der Waals surface area contributed by atoms with Crippen LogP contribution >= 0.6 is 0 Å². The molecule has 0 saturated carbocycles. The number of benzene rings is 1. The molecule has 0 heterocycles. The smallest absolute Gasteiger partial charge is 0.334 e. The number of carbonyl (C=O) groups is 1. The van der Waals surface area contributed by atoms with Crippen LogP contribution in [0.1, 0.15) is 25.8 Å². The van der Waals surface area contributed by atoms with Crippen LogP contribution in [0.4, 0.5) is 4.39 Å². The van der Waals surface area contributed by atoms with Gasteiger partial charge in [-0.25, -0.2) is 9.18 Å². The summed E-state index contributed by atoms with van der Waals surface area (Å²) in [6.07, 6.45) is 0.470. The number of rotatable bonds is 6. The Morgan fingerprint density at radius 3 is 2.44 bits per heavy atom. The van der Waals surface area contributed by atoms with Gasteiger partial charge >= 0.3 is 5.97 Å². The predicted molar refractivity (Wildman–Crippen MR) is 65.5 cm³/mol. The maximum absolute atomic E-state index is 12.7. The third-order valence-electron chi connectivity index (χ3n) is 2.37. The monoisotopic (exact) mass is 253 g/mol. The van der Waals surface area contributed by atoms with E-state index in [1.165, 1.54) is 12.1 Å². The molecule has 0 amide bonds. The van der Waals surface area contributed by atoms with Crippen LogP contribution in [0.25, 0.3) is 0 Å². The van der Waals surface area contributed by atoms with Crippen molar-refractivity contribution in [1.29, 1.82) is 0 Å². The largest absolute Gasteiger partial charge is 0.461 e. The number of halogens is 1. The summed E-state index contributed by atoms with van der Waals surface area (Å²) in [6.45, 7) is 3.42. The molecule has 0 bridgehead atoms. The van der Waals surface area contributed by atoms with Gasteiger partial charge in [-0.15, -0.1) is 4.91 Å². The number of hydrogen-bond acceptors (Lipinski definition) is 4. The summed E-state index contributed by atoms with van der Waals surface area (Å²) in [5, 5.41) is 2.78. The van der Waals surface area contributed by atoms with E-state index < -0.39 is 12.0 Å². The van der Waals surface area contributed by atoms with Crippen LogP contribution in [0, 0.1) is 10.7 Å². The van der Waals surface area contributed by atoms with Crippen LogP contribution in [0.15, 0.2) is 29.4 Å². The molecule has 1 atom stereocenters. The van der Waals surface area contributed by atoms with Gasteiger partial charge in [-0.3, -0.25) is 0 Å². The molecular formula is C13H16FNO3. The summed E-state index contributed by atoms with van der Waals surface area (Å²) in [6, 6.07) is 4.91. The molecule has 98 valence electrons. The second-order valence-electron chi connectivity index (χ2n) is 4.27. The van der Waals surface area contributed by atoms with Gasteiger partial charge in [-0.1, -0.05) is 17.3 Å². The van der Waals surface area contributed by atoms with Crippen molar-refractivity contribution in [2.24, 2.45) is 5.18 Å². The van der Waals surface area contributed by atoms with Crippen molar-refractivity contribution in [2.75, 3.05) is 0 Å². The normalized spacial score (nSPS) is 12.2. The zero-order valence-electron chi connectivity index (χ0n) is 10.4. The molecule has 1 aromatic carbocycles. The van der Waals surface area contributed by atoms with E-state index in [-0.39, 0.29) is 18.3 Å². The molecule has 1 rings (SSSR count). The average molecular weight is 253 g/mol. The molecule has 0 saturated heterocycles. The first-order chi connectivity index (χ1) is 8.52. The van der Waals surface area contributed by atoms with Crippen LogP contribution in [0.2, 0.25) is 0 Å². The van der Waals surface area contributed by atoms with Crippen LogP contribution in [-0.2, 0) is 16.0 Å². The van der Waals surface area contributed by atoms with Crippen molar-refractivity contribution in [2.45, 2.75) is 38.8 Å². The Morgan fingerprint density at radius 1 is 1.33 bits per heavy atom. The van der Waals surface area contributed by atoms with Crippen molar-refractivity contribution in [3.8, 4) is 0 Å². The first-order valence-electron chi connectivity index (χ1n) is 5.80. The second-order valence-corrected chi connectivity index (χ2v) is 4.27. The lowest BCUT2D eigenvalue weighted by Gasteiger charge is -2.11. The van der Waals surface area contributed by atoms with Crippen molar-refractivity contribution in [1.82, 2.24) is 0 Å². The van der Waals surface area contributed by atoms with E-state index in [1.54, 1.807) is 26.0 Å². The highest BCUT2D eigenvalue weighted by Crippen LogP contribution is 2.10. The highest BCUT2D eigenvalue weighted by Gasteiger charge is 2.21. The number of hydrogen-bond donors (Lipinski definition) is 0. The van der Waals surface area contributed by atoms with Gasteiger partial charge in [0.25, 0.3) is 0 Å². The molecule has 5 heteroatoms. The van der Waals surface area contributed by atoms with Crippen LogP contribution in [0.3, 0.4) is 0 Å². The number of esters is 1. The summed E-state index contributed by atoms with van der Waals surface area (Å²) in [5.74, 6) is -0.926. The fourth-order valence-corrected chi connectivity index (χ4v) is 1.48. The molecule has 4 nitrogen and oxygen atoms in total. The number of nitrogens with zero attached hydrogens (tertiary/aromatic N) is 1. The molecule has 1 aromatic rings. The lowest BCUT2D eigenvalue weighted by molar-refractivity contribution is -0.149. The lowest BCUT2D eigenvalue weighted by Crippen LogP contribution is -2.24.